The van der Waals surface area contributed by atoms with Gasteiger partial charge in [0.05, 0.1) is 23.9 Å². The minimum Gasteiger partial charge on any atom is -0.371 e. The number of piperidine rings is 1. The van der Waals surface area contributed by atoms with E-state index in [9.17, 15) is 22.8 Å². The Morgan fingerprint density at radius 1 is 1.08 bits per heavy atom. The third kappa shape index (κ3) is 7.89. The molecular weight excluding hydrogens is 506 g/mol. The summed E-state index contributed by atoms with van der Waals surface area (Å²) in [5.74, 6) is -0.182. The zero-order valence-electron chi connectivity index (χ0n) is 21.5. The van der Waals surface area contributed by atoms with Crippen LogP contribution >= 0.6 is 0 Å². The van der Waals surface area contributed by atoms with Crippen molar-refractivity contribution in [1.29, 1.82) is 0 Å². The number of aromatic nitrogens is 2. The first-order valence-corrected chi connectivity index (χ1v) is 12.9. The number of carbonyl (C=O) groups excluding carboxylic acids is 2. The lowest BCUT2D eigenvalue weighted by molar-refractivity contribution is -0.138. The van der Waals surface area contributed by atoms with Crippen molar-refractivity contribution in [2.24, 2.45) is 5.73 Å². The minimum atomic E-state index is -4.57. The maximum atomic E-state index is 13.7. The van der Waals surface area contributed by atoms with Gasteiger partial charge in [0.2, 0.25) is 5.91 Å². The van der Waals surface area contributed by atoms with E-state index in [-0.39, 0.29) is 31.0 Å². The fourth-order valence-corrected chi connectivity index (χ4v) is 4.87. The van der Waals surface area contributed by atoms with E-state index in [0.717, 1.165) is 55.1 Å². The highest BCUT2D eigenvalue weighted by molar-refractivity contribution is 6.64. The maximum Gasteiger partial charge on any atom is 0.419 e. The number of alkyl halides is 3. The van der Waals surface area contributed by atoms with Crippen LogP contribution < -0.4 is 15.9 Å². The van der Waals surface area contributed by atoms with Crippen molar-refractivity contribution in [2.75, 3.05) is 18.0 Å². The SMILES string of the molecule is NC(=O)Cc1ccccc1CCc1nc(Cc2ccc(N3CCC(N[B]C=O)CC3)cc2)ncc1C(F)(F)F. The van der Waals surface area contributed by atoms with Crippen molar-refractivity contribution in [2.45, 2.75) is 50.7 Å². The Hall–Kier alpha value is -3.73. The van der Waals surface area contributed by atoms with Gasteiger partial charge >= 0.3 is 6.18 Å². The van der Waals surface area contributed by atoms with E-state index >= 15 is 0 Å². The zero-order valence-corrected chi connectivity index (χ0v) is 21.5. The van der Waals surface area contributed by atoms with Gasteiger partial charge in [-0.15, -0.1) is 0 Å². The van der Waals surface area contributed by atoms with Crippen LogP contribution in [0.4, 0.5) is 18.9 Å². The van der Waals surface area contributed by atoms with Crippen LogP contribution in [0.5, 0.6) is 0 Å². The van der Waals surface area contributed by atoms with Crippen molar-refractivity contribution < 1.29 is 22.8 Å². The molecule has 1 aliphatic heterocycles. The second-order valence-electron chi connectivity index (χ2n) is 9.63. The summed E-state index contributed by atoms with van der Waals surface area (Å²) >= 11 is 0. The minimum absolute atomic E-state index is 0.0288. The molecule has 1 fully saturated rings. The monoisotopic (exact) mass is 536 g/mol. The molecule has 0 saturated carbocycles. The molecule has 2 heterocycles. The standard InChI is InChI=1S/C28H30BF3N5O2/c30-28(31,32)24-17-34-27(35-25(24)10-7-20-3-1-2-4-21(20)16-26(33)39)15-19-5-8-23(9-6-19)37-13-11-22(12-14-37)36-29-18-38/h1-6,8-9,17-18,22,36H,7,10-16H2,(H2,33,39). The average Bonchev–Trinajstić information content (AvgIpc) is 2.91. The lowest BCUT2D eigenvalue weighted by Gasteiger charge is -2.34. The number of benzene rings is 2. The van der Waals surface area contributed by atoms with Gasteiger partial charge in [-0.1, -0.05) is 36.4 Å². The van der Waals surface area contributed by atoms with E-state index in [0.29, 0.717) is 17.8 Å². The topological polar surface area (TPSA) is 101 Å². The van der Waals surface area contributed by atoms with E-state index in [4.69, 9.17) is 5.73 Å². The second kappa shape index (κ2) is 12.9. The number of rotatable bonds is 11. The Morgan fingerprint density at radius 2 is 1.77 bits per heavy atom. The number of halogens is 3. The third-order valence-electron chi connectivity index (χ3n) is 6.90. The van der Waals surface area contributed by atoms with E-state index in [2.05, 4.69) is 20.1 Å². The molecule has 0 atom stereocenters. The lowest BCUT2D eigenvalue weighted by atomic mass is 9.93. The van der Waals surface area contributed by atoms with Crippen LogP contribution in [-0.2, 0) is 41.4 Å². The molecule has 4 rings (SSSR count). The predicted octanol–water partition coefficient (Wildman–Crippen LogP) is 3.27. The highest BCUT2D eigenvalue weighted by atomic mass is 19.4. The summed E-state index contributed by atoms with van der Waals surface area (Å²) in [4.78, 5) is 32.5. The number of anilines is 1. The van der Waals surface area contributed by atoms with Crippen molar-refractivity contribution in [3.8, 4) is 0 Å². The van der Waals surface area contributed by atoms with Crippen molar-refractivity contribution in [3.05, 3.63) is 88.5 Å². The smallest absolute Gasteiger partial charge is 0.371 e. The van der Waals surface area contributed by atoms with Gasteiger partial charge < -0.3 is 20.7 Å². The number of hydrogen-bond donors (Lipinski definition) is 2. The summed E-state index contributed by atoms with van der Waals surface area (Å²) in [6.07, 6.45) is -0.454. The van der Waals surface area contributed by atoms with Gasteiger partial charge in [0.15, 0.2) is 0 Å². The number of nitrogens with one attached hydrogen (secondary N) is 1. The van der Waals surface area contributed by atoms with Gasteiger partial charge in [-0.2, -0.15) is 13.2 Å². The van der Waals surface area contributed by atoms with Gasteiger partial charge in [0.1, 0.15) is 5.82 Å². The quantitative estimate of drug-likeness (QED) is 0.288. The number of nitrogens with zero attached hydrogens (tertiary/aromatic N) is 3. The molecule has 39 heavy (non-hydrogen) atoms. The normalized spacial score (nSPS) is 14.3. The van der Waals surface area contributed by atoms with Crippen LogP contribution in [0.1, 0.15) is 46.6 Å². The van der Waals surface area contributed by atoms with E-state index < -0.39 is 17.6 Å². The first-order valence-electron chi connectivity index (χ1n) is 12.9. The number of aryl methyl sites for hydroxylation is 2. The van der Waals surface area contributed by atoms with E-state index in [1.807, 2.05) is 24.3 Å². The van der Waals surface area contributed by atoms with Gasteiger partial charge in [-0.3, -0.25) is 4.79 Å². The number of amides is 1. The highest BCUT2D eigenvalue weighted by Gasteiger charge is 2.34. The first kappa shape index (κ1) is 28.3. The van der Waals surface area contributed by atoms with Crippen molar-refractivity contribution in [3.63, 3.8) is 0 Å². The Morgan fingerprint density at radius 3 is 2.41 bits per heavy atom. The average molecular weight is 536 g/mol. The molecule has 0 aliphatic carbocycles. The van der Waals surface area contributed by atoms with Crippen molar-refractivity contribution >= 4 is 25.2 Å². The van der Waals surface area contributed by atoms with Crippen LogP contribution in [0.2, 0.25) is 0 Å². The summed E-state index contributed by atoms with van der Waals surface area (Å²) in [6, 6.07) is 15.3. The Bertz CT molecular complexity index is 1280. The van der Waals surface area contributed by atoms with E-state index in [1.54, 1.807) is 24.3 Å². The summed E-state index contributed by atoms with van der Waals surface area (Å²) in [7, 11) is 1.44. The molecule has 203 valence electrons. The lowest BCUT2D eigenvalue weighted by Crippen LogP contribution is -2.44. The van der Waals surface area contributed by atoms with Gasteiger partial charge in [-0.05, 0) is 60.5 Å². The number of primary amides is 1. The van der Waals surface area contributed by atoms with Crippen LogP contribution in [0.3, 0.4) is 0 Å². The van der Waals surface area contributed by atoms with Crippen LogP contribution in [-0.4, -0.2) is 48.6 Å². The Balaban J connectivity index is 1.44. The zero-order chi connectivity index (χ0) is 27.8. The molecule has 1 amide bonds. The van der Waals surface area contributed by atoms with E-state index in [1.165, 1.54) is 7.41 Å². The molecule has 3 N–H and O–H groups in total. The Kier molecular flexibility index (Phi) is 9.34. The number of nitrogens with two attached hydrogens (primary N) is 1. The maximum absolute atomic E-state index is 13.7. The molecule has 0 bridgehead atoms. The molecule has 3 aromatic rings. The molecule has 1 aliphatic rings. The molecule has 0 spiro atoms. The molecular formula is C28H30BF3N5O2. The summed E-state index contributed by atoms with van der Waals surface area (Å²) in [5, 5.41) is 3.10. The third-order valence-corrected chi connectivity index (χ3v) is 6.90. The number of hydrogen-bond acceptors (Lipinski definition) is 6. The predicted molar refractivity (Wildman–Crippen MR) is 144 cm³/mol. The molecule has 1 aromatic heterocycles. The van der Waals surface area contributed by atoms with Crippen LogP contribution in [0.15, 0.2) is 54.7 Å². The van der Waals surface area contributed by atoms with Gasteiger partial charge in [0, 0.05) is 31.4 Å². The molecule has 0 unspecified atom stereocenters. The molecule has 11 heteroatoms. The molecule has 1 radical (unpaired) electrons. The Labute approximate surface area is 226 Å². The van der Waals surface area contributed by atoms with Crippen molar-refractivity contribution in [1.82, 2.24) is 15.2 Å². The largest absolute Gasteiger partial charge is 0.419 e. The summed E-state index contributed by atoms with van der Waals surface area (Å²) < 4.78 is 41.2. The molecule has 7 nitrogen and oxygen atoms in total. The van der Waals surface area contributed by atoms with Crippen LogP contribution in [0, 0.1) is 0 Å². The van der Waals surface area contributed by atoms with Gasteiger partial charge in [-0.25, -0.2) is 9.97 Å². The highest BCUT2D eigenvalue weighted by Crippen LogP contribution is 2.32. The molecule has 1 saturated heterocycles. The first-order chi connectivity index (χ1) is 18.7. The fourth-order valence-electron chi connectivity index (χ4n) is 4.87. The summed E-state index contributed by atoms with van der Waals surface area (Å²) in [5.41, 5.74) is 7.84. The van der Waals surface area contributed by atoms with Gasteiger partial charge in [0.25, 0.3) is 7.41 Å². The summed E-state index contributed by atoms with van der Waals surface area (Å²) in [6.45, 7) is 1.72. The number of carbonyl (C=O) groups is 2. The fraction of sp³-hybridized carbons (Fsp3) is 0.357. The second-order valence-corrected chi connectivity index (χ2v) is 9.63. The molecule has 2 aromatic carbocycles. The van der Waals surface area contributed by atoms with Crippen LogP contribution in [0.25, 0.3) is 0 Å².